The molecule has 0 aliphatic heterocycles. The zero-order valence-electron chi connectivity index (χ0n) is 14.5. The average Bonchev–Trinajstić information content (AvgIpc) is 3.21. The van der Waals surface area contributed by atoms with E-state index in [1.807, 2.05) is 19.1 Å². The fraction of sp³-hybridized carbons (Fsp3) is 0.0500. The Morgan fingerprint density at radius 3 is 2.15 bits per heavy atom. The number of anilines is 1. The average molecular weight is 363 g/mol. The van der Waals surface area contributed by atoms with Gasteiger partial charge in [0.15, 0.2) is 5.76 Å². The minimum atomic E-state index is -0.560. The molecule has 1 aromatic heterocycles. The highest BCUT2D eigenvalue weighted by Gasteiger charge is 2.12. The Labute approximate surface area is 155 Å². The van der Waals surface area contributed by atoms with E-state index in [0.717, 1.165) is 5.56 Å². The second-order valence-corrected chi connectivity index (χ2v) is 5.73. The van der Waals surface area contributed by atoms with E-state index >= 15 is 0 Å². The Balaban J connectivity index is 1.58. The van der Waals surface area contributed by atoms with Gasteiger partial charge >= 0.3 is 5.91 Å². The smallest absolute Gasteiger partial charge is 0.305 e. The summed E-state index contributed by atoms with van der Waals surface area (Å²) in [5, 5.41) is 2.78. The largest absolute Gasteiger partial charge is 0.459 e. The van der Waals surface area contributed by atoms with Crippen LogP contribution in [0.1, 0.15) is 36.8 Å². The topological polar surface area (TPSA) is 100 Å². The molecule has 0 atom stereocenters. The summed E-state index contributed by atoms with van der Waals surface area (Å²) < 4.78 is 4.93. The van der Waals surface area contributed by atoms with Crippen LogP contribution < -0.4 is 16.2 Å². The van der Waals surface area contributed by atoms with Crippen LogP contribution in [0.15, 0.2) is 71.3 Å². The van der Waals surface area contributed by atoms with Crippen molar-refractivity contribution in [3.05, 3.63) is 89.4 Å². The van der Waals surface area contributed by atoms with Gasteiger partial charge in [-0.1, -0.05) is 18.2 Å². The normalized spacial score (nSPS) is 10.1. The molecular formula is C20H17N3O4. The molecule has 3 N–H and O–H groups in total. The summed E-state index contributed by atoms with van der Waals surface area (Å²) in [6.07, 6.45) is 1.36. The van der Waals surface area contributed by atoms with Crippen LogP contribution in [0.2, 0.25) is 0 Å². The fourth-order valence-corrected chi connectivity index (χ4v) is 2.39. The summed E-state index contributed by atoms with van der Waals surface area (Å²) >= 11 is 0. The van der Waals surface area contributed by atoms with Gasteiger partial charge in [0, 0.05) is 16.8 Å². The molecule has 1 heterocycles. The Morgan fingerprint density at radius 1 is 0.778 bits per heavy atom. The fourth-order valence-electron chi connectivity index (χ4n) is 2.39. The first-order valence-corrected chi connectivity index (χ1v) is 8.16. The van der Waals surface area contributed by atoms with Gasteiger partial charge in [0.25, 0.3) is 11.8 Å². The lowest BCUT2D eigenvalue weighted by Gasteiger charge is -2.09. The van der Waals surface area contributed by atoms with Gasteiger partial charge in [0.2, 0.25) is 0 Å². The van der Waals surface area contributed by atoms with Gasteiger partial charge in [0.05, 0.1) is 6.26 Å². The first-order chi connectivity index (χ1) is 13.0. The molecule has 0 aliphatic carbocycles. The van der Waals surface area contributed by atoms with E-state index in [1.54, 1.807) is 42.5 Å². The molecule has 7 heteroatoms. The number of amides is 3. The molecule has 0 bridgehead atoms. The lowest BCUT2D eigenvalue weighted by atomic mass is 10.1. The first kappa shape index (κ1) is 17.9. The summed E-state index contributed by atoms with van der Waals surface area (Å²) in [7, 11) is 0. The number of benzene rings is 2. The maximum atomic E-state index is 12.3. The molecule has 0 spiro atoms. The lowest BCUT2D eigenvalue weighted by molar-refractivity contribution is 0.0831. The Hall–Kier alpha value is -3.87. The molecule has 3 rings (SSSR count). The maximum Gasteiger partial charge on any atom is 0.305 e. The number of furan rings is 1. The summed E-state index contributed by atoms with van der Waals surface area (Å²) in [5.41, 5.74) is 6.89. The zero-order valence-corrected chi connectivity index (χ0v) is 14.5. The Kier molecular flexibility index (Phi) is 5.32. The summed E-state index contributed by atoms with van der Waals surface area (Å²) in [6, 6.07) is 16.6. The number of hydrazine groups is 1. The van der Waals surface area contributed by atoms with Crippen molar-refractivity contribution in [1.29, 1.82) is 0 Å². The van der Waals surface area contributed by atoms with Gasteiger partial charge in [-0.2, -0.15) is 0 Å². The highest BCUT2D eigenvalue weighted by Crippen LogP contribution is 2.13. The highest BCUT2D eigenvalue weighted by molar-refractivity contribution is 6.05. The second-order valence-electron chi connectivity index (χ2n) is 5.73. The van der Waals surface area contributed by atoms with Crippen molar-refractivity contribution in [1.82, 2.24) is 10.9 Å². The van der Waals surface area contributed by atoms with Crippen molar-refractivity contribution in [3.63, 3.8) is 0 Å². The molecule has 0 fully saturated rings. The van der Waals surface area contributed by atoms with Crippen LogP contribution >= 0.6 is 0 Å². The number of nitrogens with one attached hydrogen (secondary N) is 3. The number of carbonyl (C=O) groups is 3. The number of rotatable bonds is 4. The zero-order chi connectivity index (χ0) is 19.2. The van der Waals surface area contributed by atoms with Crippen LogP contribution in [0, 0.1) is 6.92 Å². The first-order valence-electron chi connectivity index (χ1n) is 8.16. The molecule has 0 radical (unpaired) electrons. The highest BCUT2D eigenvalue weighted by atomic mass is 16.3. The predicted octanol–water partition coefficient (Wildman–Crippen LogP) is 2.92. The number of hydrogen-bond acceptors (Lipinski definition) is 4. The number of aryl methyl sites for hydroxylation is 1. The minimum absolute atomic E-state index is 0.0876. The summed E-state index contributed by atoms with van der Waals surface area (Å²) in [4.78, 5) is 36.1. The standard InChI is InChI=1S/C20H17N3O4/c1-13-5-2-3-6-16(13)19(25)21-15-10-8-14(9-11-15)18(24)22-23-20(26)17-7-4-12-27-17/h2-12H,1H3,(H,21,25)(H,22,24)(H,23,26). The quantitative estimate of drug-likeness (QED) is 0.621. The van der Waals surface area contributed by atoms with Crippen LogP contribution in [-0.4, -0.2) is 17.7 Å². The van der Waals surface area contributed by atoms with E-state index in [2.05, 4.69) is 16.2 Å². The SMILES string of the molecule is Cc1ccccc1C(=O)Nc1ccc(C(=O)NNC(=O)c2ccco2)cc1. The van der Waals surface area contributed by atoms with Crippen molar-refractivity contribution in [2.24, 2.45) is 0 Å². The predicted molar refractivity (Wildman–Crippen MR) is 99.2 cm³/mol. The molecular weight excluding hydrogens is 346 g/mol. The minimum Gasteiger partial charge on any atom is -0.459 e. The van der Waals surface area contributed by atoms with E-state index < -0.39 is 11.8 Å². The lowest BCUT2D eigenvalue weighted by Crippen LogP contribution is -2.41. The van der Waals surface area contributed by atoms with E-state index in [4.69, 9.17) is 4.42 Å². The molecule has 3 aromatic rings. The van der Waals surface area contributed by atoms with Gasteiger partial charge in [-0.3, -0.25) is 25.2 Å². The Bertz CT molecular complexity index is 963. The second kappa shape index (κ2) is 8.01. The number of hydrogen-bond donors (Lipinski definition) is 3. The molecule has 0 unspecified atom stereocenters. The van der Waals surface area contributed by atoms with Crippen molar-refractivity contribution < 1.29 is 18.8 Å². The van der Waals surface area contributed by atoms with Gasteiger partial charge in [0.1, 0.15) is 0 Å². The van der Waals surface area contributed by atoms with Gasteiger partial charge < -0.3 is 9.73 Å². The van der Waals surface area contributed by atoms with Gasteiger partial charge in [-0.15, -0.1) is 0 Å². The maximum absolute atomic E-state index is 12.3. The van der Waals surface area contributed by atoms with E-state index in [1.165, 1.54) is 12.3 Å². The Morgan fingerprint density at radius 2 is 1.48 bits per heavy atom. The third-order valence-electron chi connectivity index (χ3n) is 3.83. The van der Waals surface area contributed by atoms with E-state index in [-0.39, 0.29) is 11.7 Å². The molecule has 136 valence electrons. The van der Waals surface area contributed by atoms with Gasteiger partial charge in [-0.25, -0.2) is 0 Å². The van der Waals surface area contributed by atoms with Crippen molar-refractivity contribution in [2.75, 3.05) is 5.32 Å². The number of carbonyl (C=O) groups excluding carboxylic acids is 3. The van der Waals surface area contributed by atoms with Crippen molar-refractivity contribution in [3.8, 4) is 0 Å². The molecule has 2 aromatic carbocycles. The van der Waals surface area contributed by atoms with Crippen LogP contribution in [0.25, 0.3) is 0 Å². The van der Waals surface area contributed by atoms with Crippen molar-refractivity contribution in [2.45, 2.75) is 6.92 Å². The third kappa shape index (κ3) is 4.40. The monoisotopic (exact) mass is 363 g/mol. The molecule has 0 saturated heterocycles. The molecule has 0 aliphatic rings. The van der Waals surface area contributed by atoms with Crippen molar-refractivity contribution >= 4 is 23.4 Å². The molecule has 3 amide bonds. The van der Waals surface area contributed by atoms with E-state index in [0.29, 0.717) is 16.8 Å². The molecule has 0 saturated carbocycles. The van der Waals surface area contributed by atoms with Crippen LogP contribution in [0.3, 0.4) is 0 Å². The van der Waals surface area contributed by atoms with Crippen LogP contribution in [-0.2, 0) is 0 Å². The van der Waals surface area contributed by atoms with E-state index in [9.17, 15) is 14.4 Å². The van der Waals surface area contributed by atoms with Crippen LogP contribution in [0.5, 0.6) is 0 Å². The van der Waals surface area contributed by atoms with Gasteiger partial charge in [-0.05, 0) is 55.0 Å². The summed E-state index contributed by atoms with van der Waals surface area (Å²) in [6.45, 7) is 1.86. The molecule has 7 nitrogen and oxygen atoms in total. The summed E-state index contributed by atoms with van der Waals surface area (Å²) in [5.74, 6) is -1.19. The van der Waals surface area contributed by atoms with Crippen LogP contribution in [0.4, 0.5) is 5.69 Å². The third-order valence-corrected chi connectivity index (χ3v) is 3.83. The molecule has 27 heavy (non-hydrogen) atoms.